The molecule has 0 amide bonds. The molecular weight excluding hydrogens is 310 g/mol. The summed E-state index contributed by atoms with van der Waals surface area (Å²) >= 11 is 1.45. The van der Waals surface area contributed by atoms with E-state index in [1.165, 1.54) is 35.1 Å². The number of rotatable bonds is 5. The average Bonchev–Trinajstić information content (AvgIpc) is 3.10. The highest BCUT2D eigenvalue weighted by Crippen LogP contribution is 2.19. The summed E-state index contributed by atoms with van der Waals surface area (Å²) in [6.07, 6.45) is 3.07. The van der Waals surface area contributed by atoms with Crippen LogP contribution < -0.4 is 0 Å². The molecule has 8 heteroatoms. The van der Waals surface area contributed by atoms with E-state index >= 15 is 0 Å². The molecule has 6 nitrogen and oxygen atoms in total. The first-order chi connectivity index (χ1) is 10.0. The molecule has 0 aromatic carbocycles. The normalized spacial score (nSPS) is 11.4. The summed E-state index contributed by atoms with van der Waals surface area (Å²) in [6, 6.07) is 1.86. The highest BCUT2D eigenvalue weighted by molar-refractivity contribution is 7.89. The lowest BCUT2D eigenvalue weighted by Crippen LogP contribution is -2.25. The fourth-order valence-corrected chi connectivity index (χ4v) is 3.62. The van der Waals surface area contributed by atoms with Crippen molar-refractivity contribution in [2.75, 3.05) is 13.7 Å². The number of hydrogen-bond acceptors (Lipinski definition) is 5. The van der Waals surface area contributed by atoms with Gasteiger partial charge in [-0.3, -0.25) is 5.10 Å². The van der Waals surface area contributed by atoms with Crippen LogP contribution in [0.15, 0.2) is 28.7 Å². The minimum Gasteiger partial charge on any atom is -0.395 e. The summed E-state index contributed by atoms with van der Waals surface area (Å²) in [5.41, 5.74) is 0.831. The third-order valence-corrected chi connectivity index (χ3v) is 5.37. The third-order valence-electron chi connectivity index (χ3n) is 2.68. The maximum absolute atomic E-state index is 12.2. The maximum Gasteiger partial charge on any atom is 0.246 e. The Morgan fingerprint density at radius 1 is 1.52 bits per heavy atom. The summed E-state index contributed by atoms with van der Waals surface area (Å²) in [7, 11) is -2.00. The Morgan fingerprint density at radius 3 is 3.00 bits per heavy atom. The van der Waals surface area contributed by atoms with Crippen molar-refractivity contribution in [2.24, 2.45) is 0 Å². The molecule has 0 aliphatic rings. The highest BCUT2D eigenvalue weighted by Gasteiger charge is 2.22. The quantitative estimate of drug-likeness (QED) is 0.804. The molecule has 0 aliphatic carbocycles. The summed E-state index contributed by atoms with van der Waals surface area (Å²) in [5, 5.41) is 16.7. The van der Waals surface area contributed by atoms with Crippen molar-refractivity contribution in [1.82, 2.24) is 14.5 Å². The summed E-state index contributed by atoms with van der Waals surface area (Å²) in [4.78, 5) is 1.04. The van der Waals surface area contributed by atoms with E-state index in [2.05, 4.69) is 22.0 Å². The predicted octanol–water partition coefficient (Wildman–Crippen LogP) is 1.03. The number of thiophene rings is 1. The number of H-pyrrole nitrogens is 1. The molecule has 2 heterocycles. The molecule has 0 spiro atoms. The van der Waals surface area contributed by atoms with E-state index in [0.717, 1.165) is 10.4 Å². The molecule has 2 aromatic rings. The first-order valence-electron chi connectivity index (χ1n) is 6.16. The minimum atomic E-state index is -3.53. The summed E-state index contributed by atoms with van der Waals surface area (Å²) in [5.74, 6) is 5.76. The van der Waals surface area contributed by atoms with Gasteiger partial charge < -0.3 is 5.11 Å². The van der Waals surface area contributed by atoms with Gasteiger partial charge in [-0.15, -0.1) is 11.3 Å². The monoisotopic (exact) mass is 325 g/mol. The van der Waals surface area contributed by atoms with E-state index < -0.39 is 10.0 Å². The van der Waals surface area contributed by atoms with Gasteiger partial charge in [-0.05, 0) is 6.07 Å². The number of aromatic nitrogens is 2. The second kappa shape index (κ2) is 6.87. The number of aliphatic hydroxyl groups is 1. The van der Waals surface area contributed by atoms with Crippen molar-refractivity contribution in [3.05, 3.63) is 34.3 Å². The van der Waals surface area contributed by atoms with Crippen molar-refractivity contribution in [2.45, 2.75) is 17.9 Å². The van der Waals surface area contributed by atoms with Crippen LogP contribution in [0.3, 0.4) is 0 Å². The molecular formula is C13H15N3O3S2. The highest BCUT2D eigenvalue weighted by atomic mass is 32.2. The van der Waals surface area contributed by atoms with Crippen molar-refractivity contribution < 1.29 is 13.5 Å². The zero-order valence-corrected chi connectivity index (χ0v) is 13.0. The zero-order valence-electron chi connectivity index (χ0n) is 11.4. The zero-order chi connectivity index (χ0) is 15.3. The van der Waals surface area contributed by atoms with Gasteiger partial charge in [-0.2, -0.15) is 9.40 Å². The lowest BCUT2D eigenvalue weighted by Gasteiger charge is -2.14. The van der Waals surface area contributed by atoms with Gasteiger partial charge >= 0.3 is 0 Å². The molecule has 0 atom stereocenters. The van der Waals surface area contributed by atoms with Crippen LogP contribution in [-0.2, 0) is 16.6 Å². The summed E-state index contributed by atoms with van der Waals surface area (Å²) in [6.45, 7) is 0.315. The number of hydrogen-bond donors (Lipinski definition) is 2. The number of nitrogens with zero attached hydrogens (tertiary/aromatic N) is 2. The van der Waals surface area contributed by atoms with E-state index in [-0.39, 0.29) is 18.0 Å². The van der Waals surface area contributed by atoms with Gasteiger partial charge in [0.15, 0.2) is 0 Å². The van der Waals surface area contributed by atoms with Crippen molar-refractivity contribution >= 4 is 21.4 Å². The van der Waals surface area contributed by atoms with E-state index in [9.17, 15) is 8.42 Å². The molecule has 0 bridgehead atoms. The van der Waals surface area contributed by atoms with Gasteiger partial charge in [-0.1, -0.05) is 11.8 Å². The molecule has 21 heavy (non-hydrogen) atoms. The van der Waals surface area contributed by atoms with Crippen LogP contribution in [-0.4, -0.2) is 41.7 Å². The summed E-state index contributed by atoms with van der Waals surface area (Å²) < 4.78 is 25.7. The average molecular weight is 325 g/mol. The van der Waals surface area contributed by atoms with Crippen LogP contribution in [0.4, 0.5) is 0 Å². The van der Waals surface area contributed by atoms with Crippen LogP contribution in [0.1, 0.15) is 16.9 Å². The smallest absolute Gasteiger partial charge is 0.246 e. The standard InChI is InChI=1S/C13H15N3O3S2/c1-16(21(18,19)13-7-14-15-8-13)9-12-6-11(10-20-12)4-2-3-5-17/h6-8,10,17H,3,5,9H2,1H3,(H,14,15). The number of aromatic amines is 1. The fraction of sp³-hybridized carbons (Fsp3) is 0.308. The molecule has 0 radical (unpaired) electrons. The van der Waals surface area contributed by atoms with Crippen LogP contribution in [0, 0.1) is 11.8 Å². The molecule has 2 aromatic heterocycles. The number of sulfonamides is 1. The van der Waals surface area contributed by atoms with Gasteiger partial charge in [0.05, 0.1) is 12.8 Å². The first-order valence-corrected chi connectivity index (χ1v) is 8.48. The van der Waals surface area contributed by atoms with E-state index in [4.69, 9.17) is 5.11 Å². The molecule has 0 saturated heterocycles. The fourth-order valence-electron chi connectivity index (χ4n) is 1.61. The second-order valence-electron chi connectivity index (χ2n) is 4.27. The maximum atomic E-state index is 12.2. The van der Waals surface area contributed by atoms with Crippen LogP contribution in [0.5, 0.6) is 0 Å². The SMILES string of the molecule is CN(Cc1cc(C#CCCO)cs1)S(=O)(=O)c1cn[nH]c1. The second-order valence-corrected chi connectivity index (χ2v) is 7.31. The third kappa shape index (κ3) is 3.92. The molecule has 0 saturated carbocycles. The van der Waals surface area contributed by atoms with Gasteiger partial charge in [0, 0.05) is 42.0 Å². The molecule has 2 rings (SSSR count). The largest absolute Gasteiger partial charge is 0.395 e. The Kier molecular flexibility index (Phi) is 5.14. The van der Waals surface area contributed by atoms with E-state index in [1.807, 2.05) is 11.4 Å². The van der Waals surface area contributed by atoms with E-state index in [0.29, 0.717) is 6.42 Å². The van der Waals surface area contributed by atoms with Gasteiger partial charge in [0.25, 0.3) is 0 Å². The Labute approximate surface area is 127 Å². The predicted molar refractivity (Wildman–Crippen MR) is 80.1 cm³/mol. The topological polar surface area (TPSA) is 86.3 Å². The Bertz CT molecular complexity index is 739. The van der Waals surface area contributed by atoms with Crippen molar-refractivity contribution in [3.8, 4) is 11.8 Å². The molecule has 0 unspecified atom stereocenters. The van der Waals surface area contributed by atoms with Crippen LogP contribution in [0.25, 0.3) is 0 Å². The Balaban J connectivity index is 2.07. The lowest BCUT2D eigenvalue weighted by atomic mass is 10.3. The number of nitrogens with one attached hydrogen (secondary N) is 1. The molecule has 2 N–H and O–H groups in total. The van der Waals surface area contributed by atoms with Gasteiger partial charge in [-0.25, -0.2) is 8.42 Å². The molecule has 0 fully saturated rings. The molecule has 0 aliphatic heterocycles. The first kappa shape index (κ1) is 15.7. The van der Waals surface area contributed by atoms with Crippen LogP contribution >= 0.6 is 11.3 Å². The van der Waals surface area contributed by atoms with Crippen molar-refractivity contribution in [1.29, 1.82) is 0 Å². The Hall–Kier alpha value is -1.66. The number of aliphatic hydroxyl groups excluding tert-OH is 1. The lowest BCUT2D eigenvalue weighted by molar-refractivity contribution is 0.305. The minimum absolute atomic E-state index is 0.0374. The van der Waals surface area contributed by atoms with Gasteiger partial charge in [0.1, 0.15) is 4.90 Å². The van der Waals surface area contributed by atoms with Crippen molar-refractivity contribution in [3.63, 3.8) is 0 Å². The van der Waals surface area contributed by atoms with Crippen LogP contribution in [0.2, 0.25) is 0 Å². The van der Waals surface area contributed by atoms with E-state index in [1.54, 1.807) is 0 Å². The van der Waals surface area contributed by atoms with Gasteiger partial charge in [0.2, 0.25) is 10.0 Å². The Morgan fingerprint density at radius 2 is 2.33 bits per heavy atom. The molecule has 112 valence electrons.